The lowest BCUT2D eigenvalue weighted by atomic mass is 10.2. The number of nitrogens with zero attached hydrogens (tertiary/aromatic N) is 2. The summed E-state index contributed by atoms with van der Waals surface area (Å²) in [5, 5.41) is 6.76. The number of hydrogen-bond acceptors (Lipinski definition) is 4. The Kier molecular flexibility index (Phi) is 3.39. The predicted octanol–water partition coefficient (Wildman–Crippen LogP) is 0.172. The van der Waals surface area contributed by atoms with Crippen molar-refractivity contribution in [2.75, 3.05) is 11.9 Å². The average molecular weight is 254 g/mol. The molecule has 0 spiro atoms. The monoisotopic (exact) mass is 254 g/mol. The minimum absolute atomic E-state index is 0.177. The van der Waals surface area contributed by atoms with Crippen LogP contribution in [0.25, 0.3) is 0 Å². The summed E-state index contributed by atoms with van der Waals surface area (Å²) in [5.41, 5.74) is 6.12. The summed E-state index contributed by atoms with van der Waals surface area (Å²) in [5.74, 6) is 0.335. The van der Waals surface area contributed by atoms with E-state index >= 15 is 0 Å². The highest BCUT2D eigenvalue weighted by Gasteiger charge is 2.25. The lowest BCUT2D eigenvalue weighted by Gasteiger charge is -2.11. The molecule has 1 aromatic heterocycles. The van der Waals surface area contributed by atoms with Crippen LogP contribution in [0, 0.1) is 0 Å². The highest BCUT2D eigenvalue weighted by molar-refractivity contribution is 7.80. The number of ether oxygens (including phenoxy) is 1. The lowest BCUT2D eigenvalue weighted by molar-refractivity contribution is -0.124. The summed E-state index contributed by atoms with van der Waals surface area (Å²) in [6, 6.07) is 0. The standard InChI is InChI=1S/C10H14N4O2S/c1-14-9(6(5-12-14)8(11)17)13-10(15)7-3-2-4-16-7/h5,7H,2-4H2,1H3,(H2,11,17)(H,13,15). The molecule has 1 unspecified atom stereocenters. The van der Waals surface area contributed by atoms with Crippen LogP contribution in [0.4, 0.5) is 5.82 Å². The third kappa shape index (κ3) is 2.45. The van der Waals surface area contributed by atoms with Crippen molar-refractivity contribution in [3.8, 4) is 0 Å². The van der Waals surface area contributed by atoms with Crippen LogP contribution in [0.5, 0.6) is 0 Å². The second kappa shape index (κ2) is 4.80. The van der Waals surface area contributed by atoms with Crippen molar-refractivity contribution in [1.29, 1.82) is 0 Å². The van der Waals surface area contributed by atoms with Crippen molar-refractivity contribution in [3.63, 3.8) is 0 Å². The normalized spacial score (nSPS) is 19.2. The van der Waals surface area contributed by atoms with Gasteiger partial charge in [0.05, 0.1) is 11.8 Å². The van der Waals surface area contributed by atoms with Gasteiger partial charge in [0.15, 0.2) is 0 Å². The Morgan fingerprint density at radius 1 is 1.76 bits per heavy atom. The van der Waals surface area contributed by atoms with Gasteiger partial charge in [0, 0.05) is 13.7 Å². The van der Waals surface area contributed by atoms with Gasteiger partial charge in [-0.3, -0.25) is 9.48 Å². The number of carbonyl (C=O) groups excluding carboxylic acids is 1. The number of carbonyl (C=O) groups is 1. The molecule has 6 nitrogen and oxygen atoms in total. The van der Waals surface area contributed by atoms with Crippen molar-refractivity contribution in [2.45, 2.75) is 18.9 Å². The molecular formula is C10H14N4O2S. The first kappa shape index (κ1) is 12.0. The third-order valence-corrected chi connectivity index (χ3v) is 2.89. The molecule has 2 heterocycles. The average Bonchev–Trinajstić information content (AvgIpc) is 2.89. The number of rotatable bonds is 3. The fraction of sp³-hybridized carbons (Fsp3) is 0.500. The van der Waals surface area contributed by atoms with Crippen molar-refractivity contribution < 1.29 is 9.53 Å². The zero-order valence-corrected chi connectivity index (χ0v) is 10.3. The molecule has 1 aliphatic rings. The third-order valence-electron chi connectivity index (χ3n) is 2.67. The van der Waals surface area contributed by atoms with E-state index in [9.17, 15) is 4.79 Å². The molecular weight excluding hydrogens is 240 g/mol. The molecule has 17 heavy (non-hydrogen) atoms. The molecule has 0 bridgehead atoms. The van der Waals surface area contributed by atoms with Crippen molar-refractivity contribution >= 4 is 28.9 Å². The minimum Gasteiger partial charge on any atom is -0.389 e. The van der Waals surface area contributed by atoms with Gasteiger partial charge >= 0.3 is 0 Å². The van der Waals surface area contributed by atoms with E-state index in [0.717, 1.165) is 12.8 Å². The van der Waals surface area contributed by atoms with E-state index in [1.54, 1.807) is 7.05 Å². The number of aromatic nitrogens is 2. The van der Waals surface area contributed by atoms with Gasteiger partial charge in [-0.25, -0.2) is 0 Å². The van der Waals surface area contributed by atoms with Crippen molar-refractivity contribution in [2.24, 2.45) is 12.8 Å². The SMILES string of the molecule is Cn1ncc(C(N)=S)c1NC(=O)C1CCCO1. The van der Waals surface area contributed by atoms with Gasteiger partial charge in [-0.15, -0.1) is 0 Å². The molecule has 0 radical (unpaired) electrons. The number of nitrogens with one attached hydrogen (secondary N) is 1. The summed E-state index contributed by atoms with van der Waals surface area (Å²) < 4.78 is 6.83. The van der Waals surface area contributed by atoms with E-state index in [0.29, 0.717) is 18.0 Å². The van der Waals surface area contributed by atoms with Gasteiger partial charge in [0.25, 0.3) is 5.91 Å². The number of nitrogens with two attached hydrogens (primary N) is 1. The van der Waals surface area contributed by atoms with Crippen LogP contribution >= 0.6 is 12.2 Å². The maximum absolute atomic E-state index is 11.9. The van der Waals surface area contributed by atoms with Crippen LogP contribution in [0.3, 0.4) is 0 Å². The van der Waals surface area contributed by atoms with E-state index in [2.05, 4.69) is 10.4 Å². The highest BCUT2D eigenvalue weighted by Crippen LogP contribution is 2.17. The zero-order chi connectivity index (χ0) is 12.4. The van der Waals surface area contributed by atoms with E-state index in [-0.39, 0.29) is 17.0 Å². The molecule has 3 N–H and O–H groups in total. The van der Waals surface area contributed by atoms with E-state index in [4.69, 9.17) is 22.7 Å². The van der Waals surface area contributed by atoms with Gasteiger partial charge in [0.1, 0.15) is 16.9 Å². The Morgan fingerprint density at radius 2 is 2.53 bits per heavy atom. The number of amides is 1. The zero-order valence-electron chi connectivity index (χ0n) is 9.47. The molecule has 1 saturated heterocycles. The molecule has 0 aromatic carbocycles. The minimum atomic E-state index is -0.385. The molecule has 2 rings (SSSR count). The van der Waals surface area contributed by atoms with Gasteiger partial charge < -0.3 is 15.8 Å². The van der Waals surface area contributed by atoms with Crippen LogP contribution in [-0.4, -0.2) is 33.4 Å². The Morgan fingerprint density at radius 3 is 3.12 bits per heavy atom. The van der Waals surface area contributed by atoms with Crippen LogP contribution in [0.1, 0.15) is 18.4 Å². The first-order valence-corrected chi connectivity index (χ1v) is 5.74. The number of aryl methyl sites for hydroxylation is 1. The number of anilines is 1. The first-order valence-electron chi connectivity index (χ1n) is 5.34. The molecule has 92 valence electrons. The summed E-state index contributed by atoms with van der Waals surface area (Å²) in [4.78, 5) is 12.1. The summed E-state index contributed by atoms with van der Waals surface area (Å²) in [6.45, 7) is 0.631. The summed E-state index contributed by atoms with van der Waals surface area (Å²) >= 11 is 4.89. The quantitative estimate of drug-likeness (QED) is 0.751. The van der Waals surface area contributed by atoms with Crippen LogP contribution < -0.4 is 11.1 Å². The van der Waals surface area contributed by atoms with Crippen LogP contribution in [0.15, 0.2) is 6.20 Å². The summed E-state index contributed by atoms with van der Waals surface area (Å²) in [7, 11) is 1.72. The lowest BCUT2D eigenvalue weighted by Crippen LogP contribution is -2.29. The molecule has 1 atom stereocenters. The maximum Gasteiger partial charge on any atom is 0.254 e. The van der Waals surface area contributed by atoms with Gasteiger partial charge in [0.2, 0.25) is 0 Å². The maximum atomic E-state index is 11.9. The van der Waals surface area contributed by atoms with Crippen LogP contribution in [0.2, 0.25) is 0 Å². The van der Waals surface area contributed by atoms with Crippen LogP contribution in [-0.2, 0) is 16.6 Å². The first-order chi connectivity index (χ1) is 8.09. The van der Waals surface area contributed by atoms with E-state index < -0.39 is 0 Å². The summed E-state index contributed by atoms with van der Waals surface area (Å²) in [6.07, 6.45) is 2.80. The molecule has 0 saturated carbocycles. The second-order valence-corrected chi connectivity index (χ2v) is 4.33. The number of thiocarbonyl (C=S) groups is 1. The Bertz CT molecular complexity index is 451. The van der Waals surface area contributed by atoms with E-state index in [1.165, 1.54) is 10.9 Å². The molecule has 0 aliphatic carbocycles. The molecule has 7 heteroatoms. The van der Waals surface area contributed by atoms with Gasteiger partial charge in [-0.2, -0.15) is 5.10 Å². The molecule has 1 aliphatic heterocycles. The van der Waals surface area contributed by atoms with Crippen molar-refractivity contribution in [3.05, 3.63) is 11.8 Å². The second-order valence-electron chi connectivity index (χ2n) is 3.89. The van der Waals surface area contributed by atoms with Gasteiger partial charge in [-0.05, 0) is 12.8 Å². The fourth-order valence-corrected chi connectivity index (χ4v) is 1.90. The fourth-order valence-electron chi connectivity index (χ4n) is 1.75. The molecule has 1 fully saturated rings. The molecule has 1 aromatic rings. The Hall–Kier alpha value is -1.47. The Labute approximate surface area is 104 Å². The largest absolute Gasteiger partial charge is 0.389 e. The molecule has 1 amide bonds. The predicted molar refractivity (Wildman–Crippen MR) is 66.7 cm³/mol. The van der Waals surface area contributed by atoms with Crippen molar-refractivity contribution in [1.82, 2.24) is 9.78 Å². The highest BCUT2D eigenvalue weighted by atomic mass is 32.1. The number of hydrogen-bond donors (Lipinski definition) is 2. The topological polar surface area (TPSA) is 82.2 Å². The smallest absolute Gasteiger partial charge is 0.254 e. The Balaban J connectivity index is 2.14. The van der Waals surface area contributed by atoms with E-state index in [1.807, 2.05) is 0 Å². The van der Waals surface area contributed by atoms with Gasteiger partial charge in [-0.1, -0.05) is 12.2 Å².